The van der Waals surface area contributed by atoms with E-state index in [1.807, 2.05) is 63.2 Å². The van der Waals surface area contributed by atoms with Crippen LogP contribution in [-0.2, 0) is 0 Å². The Morgan fingerprint density at radius 3 is 2.33 bits per heavy atom. The van der Waals surface area contributed by atoms with Crippen molar-refractivity contribution in [1.29, 1.82) is 0 Å². The number of ether oxygens (including phenoxy) is 3. The monoisotopic (exact) mass is 445 g/mol. The topological polar surface area (TPSA) is 73.4 Å². The Bertz CT molecular complexity index is 1390. The highest BCUT2D eigenvalue weighted by molar-refractivity contribution is 5.93. The zero-order chi connectivity index (χ0) is 23.5. The van der Waals surface area contributed by atoms with E-state index in [2.05, 4.69) is 0 Å². The van der Waals surface area contributed by atoms with E-state index >= 15 is 0 Å². The third-order valence-electron chi connectivity index (χ3n) is 5.46. The molecule has 0 spiro atoms. The Balaban J connectivity index is 2.11. The molecule has 6 heteroatoms. The van der Waals surface area contributed by atoms with Crippen molar-refractivity contribution < 1.29 is 23.7 Å². The molecule has 4 rings (SSSR count). The van der Waals surface area contributed by atoms with Crippen molar-refractivity contribution in [2.75, 3.05) is 20.8 Å². The second-order valence-electron chi connectivity index (χ2n) is 7.59. The number of benzene rings is 2. The number of furan rings is 1. The summed E-state index contributed by atoms with van der Waals surface area (Å²) in [6, 6.07) is 16.8. The molecule has 1 aromatic heterocycles. The fourth-order valence-electron chi connectivity index (χ4n) is 3.96. The standard InChI is InChI=1S/C27H27NO5/c1-6-32-25-14-19(18-10-11-23(29)24(13-18)31-5)12-22(26-16(2)33-17(3)27(25)26)28-20-8-7-9-21(15-20)30-4/h7-15,29H,6H2,1-5H3. The largest absolute Gasteiger partial charge is 0.504 e. The van der Waals surface area contributed by atoms with Crippen LogP contribution in [0.3, 0.4) is 0 Å². The molecular formula is C27H27NO5. The van der Waals surface area contributed by atoms with E-state index in [9.17, 15) is 5.11 Å². The quantitative estimate of drug-likeness (QED) is 0.390. The Labute approximate surface area is 192 Å². The Morgan fingerprint density at radius 1 is 0.848 bits per heavy atom. The van der Waals surface area contributed by atoms with Gasteiger partial charge in [-0.05, 0) is 68.3 Å². The van der Waals surface area contributed by atoms with E-state index in [1.54, 1.807) is 19.2 Å². The van der Waals surface area contributed by atoms with E-state index in [0.29, 0.717) is 18.1 Å². The molecule has 0 aliphatic carbocycles. The van der Waals surface area contributed by atoms with Gasteiger partial charge in [-0.25, -0.2) is 4.99 Å². The molecule has 4 aromatic rings. The van der Waals surface area contributed by atoms with Crippen LogP contribution >= 0.6 is 0 Å². The lowest BCUT2D eigenvalue weighted by Gasteiger charge is -2.07. The molecular weight excluding hydrogens is 418 g/mol. The average Bonchev–Trinajstić information content (AvgIpc) is 3.01. The van der Waals surface area contributed by atoms with Crippen LogP contribution in [0.1, 0.15) is 18.4 Å². The lowest BCUT2D eigenvalue weighted by molar-refractivity contribution is 0.344. The van der Waals surface area contributed by atoms with Crippen LogP contribution in [0.5, 0.6) is 23.0 Å². The summed E-state index contributed by atoms with van der Waals surface area (Å²) in [5.41, 5.74) is 2.48. The number of hydrogen-bond acceptors (Lipinski definition) is 6. The van der Waals surface area contributed by atoms with Gasteiger partial charge < -0.3 is 23.7 Å². The van der Waals surface area contributed by atoms with Gasteiger partial charge in [-0.3, -0.25) is 0 Å². The fourth-order valence-corrected chi connectivity index (χ4v) is 3.96. The molecule has 0 aliphatic heterocycles. The summed E-state index contributed by atoms with van der Waals surface area (Å²) >= 11 is 0. The summed E-state index contributed by atoms with van der Waals surface area (Å²) in [7, 11) is 3.16. The lowest BCUT2D eigenvalue weighted by Crippen LogP contribution is -2.00. The Kier molecular flexibility index (Phi) is 6.27. The van der Waals surface area contributed by atoms with Crippen LogP contribution in [0, 0.1) is 13.8 Å². The van der Waals surface area contributed by atoms with Gasteiger partial charge in [0, 0.05) is 6.07 Å². The van der Waals surface area contributed by atoms with Crippen molar-refractivity contribution in [3.05, 3.63) is 71.5 Å². The van der Waals surface area contributed by atoms with E-state index in [4.69, 9.17) is 23.6 Å². The molecule has 0 saturated heterocycles. The van der Waals surface area contributed by atoms with Crippen molar-refractivity contribution in [3.63, 3.8) is 0 Å². The predicted octanol–water partition coefficient (Wildman–Crippen LogP) is 6.07. The average molecular weight is 446 g/mol. The molecule has 33 heavy (non-hydrogen) atoms. The second kappa shape index (κ2) is 9.28. The van der Waals surface area contributed by atoms with Gasteiger partial charge >= 0.3 is 0 Å². The third-order valence-corrected chi connectivity index (χ3v) is 5.46. The van der Waals surface area contributed by atoms with E-state index < -0.39 is 0 Å². The molecule has 0 aliphatic rings. The van der Waals surface area contributed by atoms with Crippen LogP contribution in [-0.4, -0.2) is 25.9 Å². The number of phenolic OH excluding ortho intramolecular Hbond substituents is 1. The lowest BCUT2D eigenvalue weighted by atomic mass is 10.1. The predicted molar refractivity (Wildman–Crippen MR) is 129 cm³/mol. The molecule has 1 heterocycles. The number of nitrogens with zero attached hydrogens (tertiary/aromatic N) is 1. The van der Waals surface area contributed by atoms with Gasteiger partial charge in [0.05, 0.1) is 42.6 Å². The molecule has 0 fully saturated rings. The summed E-state index contributed by atoms with van der Waals surface area (Å²) < 4.78 is 22.8. The molecule has 170 valence electrons. The first-order valence-electron chi connectivity index (χ1n) is 10.7. The van der Waals surface area contributed by atoms with Gasteiger partial charge in [-0.2, -0.15) is 0 Å². The van der Waals surface area contributed by atoms with Gasteiger partial charge in [0.1, 0.15) is 23.0 Å². The molecule has 0 saturated carbocycles. The molecule has 0 unspecified atom stereocenters. The van der Waals surface area contributed by atoms with Crippen molar-refractivity contribution in [2.45, 2.75) is 20.8 Å². The fraction of sp³-hybridized carbons (Fsp3) is 0.222. The molecule has 0 bridgehead atoms. The molecule has 0 amide bonds. The summed E-state index contributed by atoms with van der Waals surface area (Å²) in [6.45, 7) is 6.31. The smallest absolute Gasteiger partial charge is 0.161 e. The Hall–Kier alpha value is -3.93. The van der Waals surface area contributed by atoms with E-state index in [0.717, 1.165) is 50.2 Å². The van der Waals surface area contributed by atoms with Gasteiger partial charge in [0.25, 0.3) is 0 Å². The van der Waals surface area contributed by atoms with Crippen molar-refractivity contribution in [2.24, 2.45) is 4.99 Å². The second-order valence-corrected chi connectivity index (χ2v) is 7.59. The van der Waals surface area contributed by atoms with Crippen molar-refractivity contribution in [3.8, 4) is 34.1 Å². The minimum absolute atomic E-state index is 0.0807. The molecule has 1 N–H and O–H groups in total. The zero-order valence-electron chi connectivity index (χ0n) is 19.4. The third kappa shape index (κ3) is 4.37. The first kappa shape index (κ1) is 22.3. The number of rotatable bonds is 6. The Morgan fingerprint density at radius 2 is 1.61 bits per heavy atom. The minimum atomic E-state index is 0.0807. The van der Waals surface area contributed by atoms with Gasteiger partial charge in [0.15, 0.2) is 11.5 Å². The van der Waals surface area contributed by atoms with Gasteiger partial charge in [-0.1, -0.05) is 12.1 Å². The maximum Gasteiger partial charge on any atom is 0.161 e. The van der Waals surface area contributed by atoms with Gasteiger partial charge in [-0.15, -0.1) is 0 Å². The zero-order valence-corrected chi connectivity index (χ0v) is 19.4. The maximum absolute atomic E-state index is 10.1. The molecule has 0 radical (unpaired) electrons. The molecule has 0 atom stereocenters. The number of hydrogen-bond donors (Lipinski definition) is 1. The van der Waals surface area contributed by atoms with Crippen molar-refractivity contribution in [1.82, 2.24) is 0 Å². The highest BCUT2D eigenvalue weighted by Gasteiger charge is 2.16. The van der Waals surface area contributed by atoms with E-state index in [-0.39, 0.29) is 5.75 Å². The SMILES string of the molecule is CCOc1cc(-c2ccc(O)c(OC)c2)cc(=Nc2cccc(OC)c2)c2c(C)oc(C)c12. The van der Waals surface area contributed by atoms with Crippen LogP contribution in [0.4, 0.5) is 5.69 Å². The number of phenols is 1. The van der Waals surface area contributed by atoms with Crippen molar-refractivity contribution >= 4 is 16.5 Å². The first-order valence-corrected chi connectivity index (χ1v) is 10.7. The molecule has 6 nitrogen and oxygen atoms in total. The highest BCUT2D eigenvalue weighted by atomic mass is 16.5. The first-order chi connectivity index (χ1) is 15.9. The van der Waals surface area contributed by atoms with Crippen LogP contribution in [0.25, 0.3) is 21.9 Å². The number of fused-ring (bicyclic) bond motifs is 1. The molecule has 3 aromatic carbocycles. The summed E-state index contributed by atoms with van der Waals surface area (Å²) in [5, 5.41) is 12.6. The van der Waals surface area contributed by atoms with Crippen LogP contribution in [0.2, 0.25) is 0 Å². The minimum Gasteiger partial charge on any atom is -0.504 e. The highest BCUT2D eigenvalue weighted by Crippen LogP contribution is 2.36. The summed E-state index contributed by atoms with van der Waals surface area (Å²) in [6.07, 6.45) is 0. The van der Waals surface area contributed by atoms with Crippen LogP contribution in [0.15, 0.2) is 64.0 Å². The maximum atomic E-state index is 10.1. The summed E-state index contributed by atoms with van der Waals surface area (Å²) in [4.78, 5) is 4.96. The number of methoxy groups -OCH3 is 2. The number of aryl methyl sites for hydroxylation is 2. The van der Waals surface area contributed by atoms with Crippen LogP contribution < -0.4 is 19.6 Å². The summed E-state index contributed by atoms with van der Waals surface area (Å²) in [5.74, 6) is 3.43. The van der Waals surface area contributed by atoms with Gasteiger partial charge in [0.2, 0.25) is 0 Å². The number of aromatic hydroxyl groups is 1. The normalized spacial score (nSPS) is 11.6. The van der Waals surface area contributed by atoms with E-state index in [1.165, 1.54) is 7.11 Å².